The molecule has 0 aromatic heterocycles. The minimum Gasteiger partial charge on any atom is -0.496 e. The number of fused-ring (bicyclic) bond motifs is 3. The molecular formula is C19H20O3. The molecule has 114 valence electrons. The van der Waals surface area contributed by atoms with Gasteiger partial charge in [0.05, 0.1) is 13.0 Å². The zero-order valence-electron chi connectivity index (χ0n) is 13.1. The minimum atomic E-state index is -0.272. The molecule has 0 saturated carbocycles. The second-order valence-electron chi connectivity index (χ2n) is 6.26. The molecule has 0 saturated heterocycles. The van der Waals surface area contributed by atoms with Crippen LogP contribution in [0.15, 0.2) is 49.1 Å². The van der Waals surface area contributed by atoms with E-state index in [1.807, 2.05) is 42.5 Å². The highest BCUT2D eigenvalue weighted by Crippen LogP contribution is 2.46. The second kappa shape index (κ2) is 5.16. The first kappa shape index (κ1) is 14.6. The number of carbonyl (C=O) groups is 1. The van der Waals surface area contributed by atoms with Gasteiger partial charge in [-0.05, 0) is 12.1 Å². The molecule has 3 nitrogen and oxygen atoms in total. The third-order valence-corrected chi connectivity index (χ3v) is 4.51. The molecule has 0 N–H and O–H groups in total. The number of carbonyl (C=O) groups excluding carboxylic acids is 1. The number of hydrogen-bond acceptors (Lipinski definition) is 3. The number of allylic oxidation sites excluding steroid dienone is 4. The SMILES string of the molecule is C=CC(C)(C)c1cc2c(cc1OC)[C@@H]1C=CC=C[C@H]1C(=O)O2. The van der Waals surface area contributed by atoms with Gasteiger partial charge in [0.25, 0.3) is 0 Å². The maximum Gasteiger partial charge on any atom is 0.319 e. The Hall–Kier alpha value is -2.29. The lowest BCUT2D eigenvalue weighted by atomic mass is 9.78. The van der Waals surface area contributed by atoms with Crippen molar-refractivity contribution in [1.82, 2.24) is 0 Å². The lowest BCUT2D eigenvalue weighted by Gasteiger charge is -2.32. The van der Waals surface area contributed by atoms with Crippen LogP contribution in [-0.4, -0.2) is 13.1 Å². The summed E-state index contributed by atoms with van der Waals surface area (Å²) in [6.45, 7) is 8.01. The first-order valence-electron chi connectivity index (χ1n) is 7.40. The van der Waals surface area contributed by atoms with Gasteiger partial charge in [-0.1, -0.05) is 44.2 Å². The Balaban J connectivity index is 2.17. The van der Waals surface area contributed by atoms with Crippen LogP contribution in [-0.2, 0) is 10.2 Å². The molecule has 1 heterocycles. The van der Waals surface area contributed by atoms with Crippen LogP contribution >= 0.6 is 0 Å². The summed E-state index contributed by atoms with van der Waals surface area (Å²) in [7, 11) is 1.66. The first-order chi connectivity index (χ1) is 10.5. The molecule has 3 heteroatoms. The van der Waals surface area contributed by atoms with E-state index in [-0.39, 0.29) is 23.2 Å². The Morgan fingerprint density at radius 1 is 1.23 bits per heavy atom. The van der Waals surface area contributed by atoms with E-state index in [1.165, 1.54) is 0 Å². The monoisotopic (exact) mass is 296 g/mol. The fraction of sp³-hybridized carbons (Fsp3) is 0.316. The number of methoxy groups -OCH3 is 1. The Bertz CT molecular complexity index is 695. The molecule has 0 amide bonds. The molecule has 2 atom stereocenters. The van der Waals surface area contributed by atoms with Gasteiger partial charge in [-0.3, -0.25) is 4.79 Å². The Morgan fingerprint density at radius 2 is 1.91 bits per heavy atom. The topological polar surface area (TPSA) is 35.5 Å². The van der Waals surface area contributed by atoms with Crippen LogP contribution in [0.4, 0.5) is 0 Å². The molecule has 0 radical (unpaired) electrons. The van der Waals surface area contributed by atoms with Crippen LogP contribution < -0.4 is 9.47 Å². The summed E-state index contributed by atoms with van der Waals surface area (Å²) >= 11 is 0. The quantitative estimate of drug-likeness (QED) is 0.482. The smallest absolute Gasteiger partial charge is 0.319 e. The summed E-state index contributed by atoms with van der Waals surface area (Å²) < 4.78 is 11.1. The molecule has 2 aliphatic rings. The average molecular weight is 296 g/mol. The third-order valence-electron chi connectivity index (χ3n) is 4.51. The number of rotatable bonds is 3. The van der Waals surface area contributed by atoms with E-state index >= 15 is 0 Å². The van der Waals surface area contributed by atoms with Gasteiger partial charge < -0.3 is 9.47 Å². The average Bonchev–Trinajstić information content (AvgIpc) is 2.54. The minimum absolute atomic E-state index is 0.0102. The van der Waals surface area contributed by atoms with E-state index in [2.05, 4.69) is 20.4 Å². The van der Waals surface area contributed by atoms with Gasteiger partial charge >= 0.3 is 5.97 Å². The fourth-order valence-electron chi connectivity index (χ4n) is 3.01. The van der Waals surface area contributed by atoms with Gasteiger partial charge in [0.15, 0.2) is 0 Å². The molecule has 3 rings (SSSR count). The number of hydrogen-bond donors (Lipinski definition) is 0. The maximum atomic E-state index is 12.2. The number of esters is 1. The van der Waals surface area contributed by atoms with Crippen LogP contribution in [0.5, 0.6) is 11.5 Å². The highest BCUT2D eigenvalue weighted by molar-refractivity contribution is 5.82. The van der Waals surface area contributed by atoms with E-state index in [0.29, 0.717) is 5.75 Å². The van der Waals surface area contributed by atoms with Gasteiger partial charge in [0.1, 0.15) is 11.5 Å². The standard InChI is InChI=1S/C19H20O3/c1-5-19(2,3)15-11-16-14(10-17(15)21-4)12-8-6-7-9-13(12)18(20)22-16/h5-13H,1H2,2-4H3/t12-,13-/m1/s1. The van der Waals surface area contributed by atoms with E-state index in [1.54, 1.807) is 7.11 Å². The fourth-order valence-corrected chi connectivity index (χ4v) is 3.01. The Labute approximate surface area is 130 Å². The van der Waals surface area contributed by atoms with Crippen LogP contribution in [0, 0.1) is 5.92 Å². The van der Waals surface area contributed by atoms with E-state index < -0.39 is 0 Å². The molecule has 1 aliphatic heterocycles. The summed E-state index contributed by atoms with van der Waals surface area (Å²) in [5.41, 5.74) is 1.68. The molecular weight excluding hydrogens is 276 g/mol. The third kappa shape index (κ3) is 2.17. The van der Waals surface area contributed by atoms with E-state index in [4.69, 9.17) is 9.47 Å². The van der Waals surface area contributed by atoms with Crippen LogP contribution in [0.3, 0.4) is 0 Å². The molecule has 0 bridgehead atoms. The van der Waals surface area contributed by atoms with Crippen molar-refractivity contribution >= 4 is 5.97 Å². The number of ether oxygens (including phenoxy) is 2. The van der Waals surface area contributed by atoms with Crippen LogP contribution in [0.25, 0.3) is 0 Å². The molecule has 0 spiro atoms. The highest BCUT2D eigenvalue weighted by atomic mass is 16.5. The summed E-state index contributed by atoms with van der Waals surface area (Å²) in [5, 5.41) is 0. The summed E-state index contributed by atoms with van der Waals surface area (Å²) in [6.07, 6.45) is 9.66. The van der Waals surface area contributed by atoms with Crippen LogP contribution in [0.2, 0.25) is 0 Å². The van der Waals surface area contributed by atoms with Crippen molar-refractivity contribution in [2.75, 3.05) is 7.11 Å². The molecule has 1 aliphatic carbocycles. The van der Waals surface area contributed by atoms with Gasteiger partial charge in [-0.25, -0.2) is 0 Å². The van der Waals surface area contributed by atoms with Crippen molar-refractivity contribution in [2.45, 2.75) is 25.2 Å². The molecule has 1 aromatic carbocycles. The van der Waals surface area contributed by atoms with Crippen molar-refractivity contribution in [3.63, 3.8) is 0 Å². The van der Waals surface area contributed by atoms with Crippen molar-refractivity contribution in [2.24, 2.45) is 5.92 Å². The summed E-state index contributed by atoms with van der Waals surface area (Å²) in [4.78, 5) is 12.2. The zero-order chi connectivity index (χ0) is 15.9. The molecule has 1 aromatic rings. The van der Waals surface area contributed by atoms with Crippen molar-refractivity contribution < 1.29 is 14.3 Å². The van der Waals surface area contributed by atoms with Gasteiger partial charge in [0.2, 0.25) is 0 Å². The van der Waals surface area contributed by atoms with E-state index in [9.17, 15) is 4.79 Å². The predicted molar refractivity (Wildman–Crippen MR) is 86.4 cm³/mol. The zero-order valence-corrected chi connectivity index (χ0v) is 13.1. The van der Waals surface area contributed by atoms with Gasteiger partial charge in [0, 0.05) is 22.5 Å². The highest BCUT2D eigenvalue weighted by Gasteiger charge is 2.37. The lowest BCUT2D eigenvalue weighted by molar-refractivity contribution is -0.138. The summed E-state index contributed by atoms with van der Waals surface area (Å²) in [6, 6.07) is 3.90. The van der Waals surface area contributed by atoms with E-state index in [0.717, 1.165) is 16.9 Å². The van der Waals surface area contributed by atoms with Crippen molar-refractivity contribution in [3.05, 3.63) is 60.2 Å². The van der Waals surface area contributed by atoms with Crippen molar-refractivity contribution in [3.8, 4) is 11.5 Å². The normalized spacial score (nSPS) is 22.6. The lowest BCUT2D eigenvalue weighted by Crippen LogP contribution is -2.31. The second-order valence-corrected chi connectivity index (χ2v) is 6.26. The maximum absolute atomic E-state index is 12.2. The Morgan fingerprint density at radius 3 is 2.55 bits per heavy atom. The van der Waals surface area contributed by atoms with Gasteiger partial charge in [-0.2, -0.15) is 0 Å². The molecule has 22 heavy (non-hydrogen) atoms. The van der Waals surface area contributed by atoms with Gasteiger partial charge in [-0.15, -0.1) is 6.58 Å². The summed E-state index contributed by atoms with van der Waals surface area (Å²) in [5.74, 6) is 0.974. The van der Waals surface area contributed by atoms with Crippen LogP contribution in [0.1, 0.15) is 30.9 Å². The molecule has 0 unspecified atom stereocenters. The number of benzene rings is 1. The van der Waals surface area contributed by atoms with Crippen molar-refractivity contribution in [1.29, 1.82) is 0 Å². The largest absolute Gasteiger partial charge is 0.496 e. The predicted octanol–water partition coefficient (Wildman–Crippen LogP) is 3.90. The first-order valence-corrected chi connectivity index (χ1v) is 7.40. The Kier molecular flexibility index (Phi) is 3.44. The molecule has 0 fully saturated rings.